The first-order valence-corrected chi connectivity index (χ1v) is 4.43. The molecule has 0 fully saturated rings. The molecule has 14 heavy (non-hydrogen) atoms. The molecule has 0 aromatic carbocycles. The third kappa shape index (κ3) is 2.85. The normalized spacial score (nSPS) is 9.86. The summed E-state index contributed by atoms with van der Waals surface area (Å²) in [6, 6.07) is 0. The monoisotopic (exact) mass is 215 g/mol. The molecule has 1 heterocycles. The number of esters is 1. The molecular weight excluding hydrogens is 206 g/mol. The second-order valence-corrected chi connectivity index (χ2v) is 2.88. The highest BCUT2D eigenvalue weighted by atomic mass is 35.5. The van der Waals surface area contributed by atoms with E-state index in [4.69, 9.17) is 22.1 Å². The van der Waals surface area contributed by atoms with Gasteiger partial charge in [-0.15, -0.1) is 0 Å². The van der Waals surface area contributed by atoms with Crippen LogP contribution >= 0.6 is 11.6 Å². The van der Waals surface area contributed by atoms with E-state index in [1.54, 1.807) is 6.92 Å². The van der Waals surface area contributed by atoms with E-state index in [2.05, 4.69) is 9.97 Å². The Morgan fingerprint density at radius 2 is 2.43 bits per heavy atom. The van der Waals surface area contributed by atoms with Gasteiger partial charge in [-0.25, -0.2) is 9.97 Å². The summed E-state index contributed by atoms with van der Waals surface area (Å²) in [5.74, 6) is -0.273. The topological polar surface area (TPSA) is 78.1 Å². The standard InChI is InChI=1S/C8H10ClN3O2/c1-2-14-6(13)3-5-4-11-8(10)12-7(5)9/h4H,2-3H2,1H3,(H2,10,11,12). The molecule has 0 saturated carbocycles. The highest BCUT2D eigenvalue weighted by molar-refractivity contribution is 6.30. The fourth-order valence-corrected chi connectivity index (χ4v) is 1.09. The minimum atomic E-state index is -0.359. The largest absolute Gasteiger partial charge is 0.466 e. The van der Waals surface area contributed by atoms with Crippen molar-refractivity contribution in [2.45, 2.75) is 13.3 Å². The van der Waals surface area contributed by atoms with Crippen molar-refractivity contribution in [2.75, 3.05) is 12.3 Å². The van der Waals surface area contributed by atoms with Crippen LogP contribution in [0.25, 0.3) is 0 Å². The Bertz CT molecular complexity index is 343. The van der Waals surface area contributed by atoms with E-state index < -0.39 is 0 Å². The molecule has 1 aromatic heterocycles. The predicted octanol–water partition coefficient (Wildman–Crippen LogP) is 0.818. The zero-order chi connectivity index (χ0) is 10.6. The first-order valence-electron chi connectivity index (χ1n) is 4.06. The second-order valence-electron chi connectivity index (χ2n) is 2.53. The Labute approximate surface area is 86.2 Å². The van der Waals surface area contributed by atoms with Gasteiger partial charge in [0.2, 0.25) is 5.95 Å². The number of hydrogen-bond acceptors (Lipinski definition) is 5. The first kappa shape index (κ1) is 10.7. The maximum atomic E-state index is 11.1. The van der Waals surface area contributed by atoms with E-state index in [0.717, 1.165) is 0 Å². The molecule has 2 N–H and O–H groups in total. The lowest BCUT2D eigenvalue weighted by molar-refractivity contribution is -0.142. The van der Waals surface area contributed by atoms with E-state index in [9.17, 15) is 4.79 Å². The molecule has 0 bridgehead atoms. The van der Waals surface area contributed by atoms with Crippen molar-refractivity contribution >= 4 is 23.5 Å². The number of nitrogens with two attached hydrogens (primary N) is 1. The second kappa shape index (κ2) is 4.76. The van der Waals surface area contributed by atoms with Crippen LogP contribution in [0.1, 0.15) is 12.5 Å². The van der Waals surface area contributed by atoms with E-state index in [0.29, 0.717) is 12.2 Å². The highest BCUT2D eigenvalue weighted by Gasteiger charge is 2.09. The van der Waals surface area contributed by atoms with Crippen molar-refractivity contribution in [3.8, 4) is 0 Å². The van der Waals surface area contributed by atoms with Gasteiger partial charge in [-0.3, -0.25) is 4.79 Å². The molecule has 0 unspecified atom stereocenters. The van der Waals surface area contributed by atoms with Crippen LogP contribution in [0.5, 0.6) is 0 Å². The van der Waals surface area contributed by atoms with E-state index >= 15 is 0 Å². The number of anilines is 1. The van der Waals surface area contributed by atoms with Crippen LogP contribution in [-0.4, -0.2) is 22.5 Å². The lowest BCUT2D eigenvalue weighted by Gasteiger charge is -2.03. The summed E-state index contributed by atoms with van der Waals surface area (Å²) in [5, 5.41) is 0.186. The molecule has 1 aromatic rings. The number of carbonyl (C=O) groups excluding carboxylic acids is 1. The van der Waals surface area contributed by atoms with Crippen LogP contribution in [-0.2, 0) is 16.0 Å². The molecule has 1 rings (SSSR count). The van der Waals surface area contributed by atoms with Crippen molar-refractivity contribution in [2.24, 2.45) is 0 Å². The SMILES string of the molecule is CCOC(=O)Cc1cnc(N)nc1Cl. The van der Waals surface area contributed by atoms with Crippen molar-refractivity contribution in [1.29, 1.82) is 0 Å². The van der Waals surface area contributed by atoms with Crippen LogP contribution in [0.4, 0.5) is 5.95 Å². The fourth-order valence-electron chi connectivity index (χ4n) is 0.885. The van der Waals surface area contributed by atoms with Gasteiger partial charge >= 0.3 is 5.97 Å². The minimum Gasteiger partial charge on any atom is -0.466 e. The molecule has 0 radical (unpaired) electrons. The number of hydrogen-bond donors (Lipinski definition) is 1. The van der Waals surface area contributed by atoms with Gasteiger partial charge < -0.3 is 10.5 Å². The third-order valence-corrected chi connectivity index (χ3v) is 1.80. The Balaban J connectivity index is 2.72. The Hall–Kier alpha value is -1.36. The molecule has 5 nitrogen and oxygen atoms in total. The average Bonchev–Trinajstić information content (AvgIpc) is 2.10. The summed E-state index contributed by atoms with van der Waals surface area (Å²) >= 11 is 5.73. The summed E-state index contributed by atoms with van der Waals surface area (Å²) < 4.78 is 4.75. The highest BCUT2D eigenvalue weighted by Crippen LogP contribution is 2.13. The summed E-state index contributed by atoms with van der Waals surface area (Å²) in [6.07, 6.45) is 1.48. The molecule has 0 amide bonds. The predicted molar refractivity (Wildman–Crippen MR) is 51.8 cm³/mol. The van der Waals surface area contributed by atoms with Crippen LogP contribution in [0.15, 0.2) is 6.20 Å². The maximum absolute atomic E-state index is 11.1. The number of halogens is 1. The van der Waals surface area contributed by atoms with Crippen LogP contribution in [0, 0.1) is 0 Å². The molecule has 0 spiro atoms. The minimum absolute atomic E-state index is 0.0625. The smallest absolute Gasteiger partial charge is 0.310 e. The zero-order valence-electron chi connectivity index (χ0n) is 7.66. The Morgan fingerprint density at radius 3 is 3.00 bits per heavy atom. The number of nitrogens with zero attached hydrogens (tertiary/aromatic N) is 2. The lowest BCUT2D eigenvalue weighted by Crippen LogP contribution is -2.09. The van der Waals surface area contributed by atoms with Gasteiger partial charge in [0.05, 0.1) is 13.0 Å². The molecular formula is C8H10ClN3O2. The van der Waals surface area contributed by atoms with Crippen molar-refractivity contribution in [3.05, 3.63) is 16.9 Å². The summed E-state index contributed by atoms with van der Waals surface area (Å²) in [5.41, 5.74) is 5.81. The van der Waals surface area contributed by atoms with E-state index in [-0.39, 0.29) is 23.5 Å². The number of nitrogen functional groups attached to an aromatic ring is 1. The van der Waals surface area contributed by atoms with E-state index in [1.807, 2.05) is 0 Å². The summed E-state index contributed by atoms with van der Waals surface area (Å²) in [4.78, 5) is 18.5. The van der Waals surface area contributed by atoms with Gasteiger partial charge in [0.15, 0.2) is 0 Å². The molecule has 0 aliphatic rings. The van der Waals surface area contributed by atoms with Gasteiger partial charge in [0.1, 0.15) is 5.15 Å². The Kier molecular flexibility index (Phi) is 3.64. The number of rotatable bonds is 3. The summed E-state index contributed by atoms with van der Waals surface area (Å²) in [6.45, 7) is 2.07. The molecule has 0 aliphatic heterocycles. The molecule has 0 saturated heterocycles. The number of ether oxygens (including phenoxy) is 1. The molecule has 0 aliphatic carbocycles. The van der Waals surface area contributed by atoms with Gasteiger partial charge in [-0.05, 0) is 6.92 Å². The molecule has 0 atom stereocenters. The lowest BCUT2D eigenvalue weighted by atomic mass is 10.2. The van der Waals surface area contributed by atoms with Crippen LogP contribution in [0.3, 0.4) is 0 Å². The first-order chi connectivity index (χ1) is 6.63. The van der Waals surface area contributed by atoms with E-state index in [1.165, 1.54) is 6.20 Å². The molecule has 6 heteroatoms. The number of carbonyl (C=O) groups is 1. The Morgan fingerprint density at radius 1 is 1.71 bits per heavy atom. The van der Waals surface area contributed by atoms with Crippen molar-refractivity contribution in [1.82, 2.24) is 9.97 Å². The quantitative estimate of drug-likeness (QED) is 0.597. The maximum Gasteiger partial charge on any atom is 0.310 e. The van der Waals surface area contributed by atoms with Gasteiger partial charge in [0, 0.05) is 11.8 Å². The van der Waals surface area contributed by atoms with Crippen LogP contribution in [0.2, 0.25) is 5.15 Å². The van der Waals surface area contributed by atoms with Gasteiger partial charge in [-0.1, -0.05) is 11.6 Å². The fraction of sp³-hybridized carbons (Fsp3) is 0.375. The van der Waals surface area contributed by atoms with Crippen molar-refractivity contribution < 1.29 is 9.53 Å². The third-order valence-electron chi connectivity index (χ3n) is 1.47. The average molecular weight is 216 g/mol. The zero-order valence-corrected chi connectivity index (χ0v) is 8.41. The number of aromatic nitrogens is 2. The summed E-state index contributed by atoms with van der Waals surface area (Å²) in [7, 11) is 0. The van der Waals surface area contributed by atoms with Gasteiger partial charge in [-0.2, -0.15) is 0 Å². The van der Waals surface area contributed by atoms with Crippen molar-refractivity contribution in [3.63, 3.8) is 0 Å². The van der Waals surface area contributed by atoms with Crippen LogP contribution < -0.4 is 5.73 Å². The van der Waals surface area contributed by atoms with Gasteiger partial charge in [0.25, 0.3) is 0 Å². The molecule has 76 valence electrons.